The molecule has 0 amide bonds. The summed E-state index contributed by atoms with van der Waals surface area (Å²) in [6.07, 6.45) is 4.82. The van der Waals surface area contributed by atoms with Crippen molar-refractivity contribution >= 4 is 10.9 Å². The summed E-state index contributed by atoms with van der Waals surface area (Å²) >= 11 is 0. The Morgan fingerprint density at radius 3 is 2.77 bits per heavy atom. The highest BCUT2D eigenvalue weighted by molar-refractivity contribution is 5.84. The number of aromatic nitrogens is 1. The Morgan fingerprint density at radius 1 is 1.14 bits per heavy atom. The Bertz CT molecular complexity index is 588. The fourth-order valence-electron chi connectivity index (χ4n) is 3.33. The van der Waals surface area contributed by atoms with Crippen LogP contribution >= 0.6 is 0 Å². The van der Waals surface area contributed by atoms with Crippen molar-refractivity contribution in [3.05, 3.63) is 36.0 Å². The summed E-state index contributed by atoms with van der Waals surface area (Å²) in [4.78, 5) is 0. The van der Waals surface area contributed by atoms with Crippen LogP contribution in [0.3, 0.4) is 0 Å². The summed E-state index contributed by atoms with van der Waals surface area (Å²) in [6.45, 7) is 5.21. The second-order valence-electron chi connectivity index (χ2n) is 5.92. The molecule has 0 atom stereocenters. The number of nitrogens with one attached hydrogen (secondary N) is 1. The molecule has 1 aliphatic heterocycles. The number of para-hydroxylation sites is 1. The molecule has 0 unspecified atom stereocenters. The summed E-state index contributed by atoms with van der Waals surface area (Å²) in [5.74, 6) is 0.682. The molecule has 0 aliphatic carbocycles. The SMILES string of the molecule is COCCOCCn1cc(C2CCNCC2)c2ccccc21. The Morgan fingerprint density at radius 2 is 1.95 bits per heavy atom. The van der Waals surface area contributed by atoms with E-state index in [1.807, 2.05) is 0 Å². The molecule has 1 N–H and O–H groups in total. The number of piperidine rings is 1. The molecule has 4 heteroatoms. The topological polar surface area (TPSA) is 35.4 Å². The molecule has 1 saturated heterocycles. The summed E-state index contributed by atoms with van der Waals surface area (Å²) in [6, 6.07) is 8.74. The first kappa shape index (κ1) is 15.5. The van der Waals surface area contributed by atoms with E-state index in [1.165, 1.54) is 29.3 Å². The van der Waals surface area contributed by atoms with Crippen molar-refractivity contribution in [1.29, 1.82) is 0 Å². The third kappa shape index (κ3) is 3.51. The Balaban J connectivity index is 1.75. The number of methoxy groups -OCH3 is 1. The molecule has 1 fully saturated rings. The zero-order chi connectivity index (χ0) is 15.2. The van der Waals surface area contributed by atoms with Crippen molar-refractivity contribution in [3.63, 3.8) is 0 Å². The van der Waals surface area contributed by atoms with Gasteiger partial charge < -0.3 is 19.4 Å². The second kappa shape index (κ2) is 7.77. The van der Waals surface area contributed by atoms with Gasteiger partial charge in [-0.25, -0.2) is 0 Å². The molecule has 3 rings (SSSR count). The van der Waals surface area contributed by atoms with Gasteiger partial charge in [0, 0.05) is 30.8 Å². The minimum Gasteiger partial charge on any atom is -0.382 e. The van der Waals surface area contributed by atoms with Gasteiger partial charge in [-0.3, -0.25) is 0 Å². The summed E-state index contributed by atoms with van der Waals surface area (Å²) in [5, 5.41) is 4.86. The first-order valence-corrected chi connectivity index (χ1v) is 8.25. The molecular formula is C18H26N2O2. The van der Waals surface area contributed by atoms with Crippen LogP contribution in [0, 0.1) is 0 Å². The number of nitrogens with zero attached hydrogens (tertiary/aromatic N) is 1. The summed E-state index contributed by atoms with van der Waals surface area (Å²) in [7, 11) is 1.70. The molecule has 2 heterocycles. The van der Waals surface area contributed by atoms with Gasteiger partial charge in [0.2, 0.25) is 0 Å². The van der Waals surface area contributed by atoms with E-state index in [0.29, 0.717) is 19.1 Å². The van der Waals surface area contributed by atoms with Crippen LogP contribution in [0.15, 0.2) is 30.5 Å². The van der Waals surface area contributed by atoms with Gasteiger partial charge in [-0.1, -0.05) is 18.2 Å². The molecule has 120 valence electrons. The van der Waals surface area contributed by atoms with E-state index in [2.05, 4.69) is 40.3 Å². The van der Waals surface area contributed by atoms with Gasteiger partial charge in [0.05, 0.1) is 19.8 Å². The molecule has 22 heavy (non-hydrogen) atoms. The zero-order valence-electron chi connectivity index (χ0n) is 13.4. The van der Waals surface area contributed by atoms with Gasteiger partial charge in [0.25, 0.3) is 0 Å². The van der Waals surface area contributed by atoms with Gasteiger partial charge in [-0.05, 0) is 43.5 Å². The first-order valence-electron chi connectivity index (χ1n) is 8.25. The van der Waals surface area contributed by atoms with Crippen molar-refractivity contribution < 1.29 is 9.47 Å². The molecule has 4 nitrogen and oxygen atoms in total. The lowest BCUT2D eigenvalue weighted by Gasteiger charge is -2.22. The van der Waals surface area contributed by atoms with Gasteiger partial charge in [-0.15, -0.1) is 0 Å². The normalized spacial score (nSPS) is 16.4. The minimum absolute atomic E-state index is 0.659. The Kier molecular flexibility index (Phi) is 5.48. The number of fused-ring (bicyclic) bond motifs is 1. The molecule has 0 bridgehead atoms. The van der Waals surface area contributed by atoms with Crippen molar-refractivity contribution in [2.75, 3.05) is 40.0 Å². The van der Waals surface area contributed by atoms with Crippen LogP contribution in [-0.2, 0) is 16.0 Å². The van der Waals surface area contributed by atoms with Gasteiger partial charge in [-0.2, -0.15) is 0 Å². The average Bonchev–Trinajstić information content (AvgIpc) is 2.95. The minimum atomic E-state index is 0.659. The first-order chi connectivity index (χ1) is 10.9. The highest BCUT2D eigenvalue weighted by Crippen LogP contribution is 2.32. The quantitative estimate of drug-likeness (QED) is 0.799. The second-order valence-corrected chi connectivity index (χ2v) is 5.92. The van der Waals surface area contributed by atoms with Gasteiger partial charge >= 0.3 is 0 Å². The van der Waals surface area contributed by atoms with Crippen LogP contribution in [-0.4, -0.2) is 44.6 Å². The highest BCUT2D eigenvalue weighted by Gasteiger charge is 2.19. The van der Waals surface area contributed by atoms with Crippen molar-refractivity contribution in [1.82, 2.24) is 9.88 Å². The van der Waals surface area contributed by atoms with Crippen molar-refractivity contribution in [2.24, 2.45) is 0 Å². The van der Waals surface area contributed by atoms with E-state index in [1.54, 1.807) is 7.11 Å². The van der Waals surface area contributed by atoms with Crippen LogP contribution in [0.5, 0.6) is 0 Å². The maximum absolute atomic E-state index is 5.63. The summed E-state index contributed by atoms with van der Waals surface area (Å²) in [5.41, 5.74) is 2.83. The van der Waals surface area contributed by atoms with Crippen molar-refractivity contribution in [3.8, 4) is 0 Å². The number of benzene rings is 1. The standard InChI is InChI=1S/C18H26N2O2/c1-21-12-13-22-11-10-20-14-17(15-6-8-19-9-7-15)16-4-2-3-5-18(16)20/h2-5,14-15,19H,6-13H2,1H3. The number of ether oxygens (including phenoxy) is 2. The molecule has 0 radical (unpaired) electrons. The maximum Gasteiger partial charge on any atom is 0.0701 e. The predicted octanol–water partition coefficient (Wildman–Crippen LogP) is 2.77. The monoisotopic (exact) mass is 302 g/mol. The molecule has 0 spiro atoms. The smallest absolute Gasteiger partial charge is 0.0701 e. The molecule has 2 aromatic rings. The molecule has 1 aromatic heterocycles. The van der Waals surface area contributed by atoms with Gasteiger partial charge in [0.1, 0.15) is 0 Å². The predicted molar refractivity (Wildman–Crippen MR) is 89.5 cm³/mol. The van der Waals surface area contributed by atoms with E-state index < -0.39 is 0 Å². The summed E-state index contributed by atoms with van der Waals surface area (Å²) < 4.78 is 13.0. The lowest BCUT2D eigenvalue weighted by Crippen LogP contribution is -2.26. The fourth-order valence-corrected chi connectivity index (χ4v) is 3.33. The molecule has 0 saturated carbocycles. The van der Waals surface area contributed by atoms with E-state index >= 15 is 0 Å². The third-order valence-corrected chi connectivity index (χ3v) is 4.51. The largest absolute Gasteiger partial charge is 0.382 e. The van der Waals surface area contributed by atoms with Gasteiger partial charge in [0.15, 0.2) is 0 Å². The molecule has 1 aromatic carbocycles. The van der Waals surface area contributed by atoms with Crippen LogP contribution in [0.4, 0.5) is 0 Å². The third-order valence-electron chi connectivity index (χ3n) is 4.51. The lowest BCUT2D eigenvalue weighted by molar-refractivity contribution is 0.0670. The number of hydrogen-bond donors (Lipinski definition) is 1. The zero-order valence-corrected chi connectivity index (χ0v) is 13.4. The van der Waals surface area contributed by atoms with Crippen LogP contribution < -0.4 is 5.32 Å². The number of hydrogen-bond acceptors (Lipinski definition) is 3. The van der Waals surface area contributed by atoms with Crippen molar-refractivity contribution in [2.45, 2.75) is 25.3 Å². The average molecular weight is 302 g/mol. The Hall–Kier alpha value is -1.36. The van der Waals surface area contributed by atoms with E-state index in [0.717, 1.165) is 26.2 Å². The lowest BCUT2D eigenvalue weighted by atomic mass is 9.90. The maximum atomic E-state index is 5.63. The number of rotatable bonds is 7. The van der Waals surface area contributed by atoms with E-state index in [9.17, 15) is 0 Å². The van der Waals surface area contributed by atoms with Crippen LogP contribution in [0.25, 0.3) is 10.9 Å². The van der Waals surface area contributed by atoms with Crippen LogP contribution in [0.2, 0.25) is 0 Å². The fraction of sp³-hybridized carbons (Fsp3) is 0.556. The van der Waals surface area contributed by atoms with E-state index in [-0.39, 0.29) is 0 Å². The molecule has 1 aliphatic rings. The van der Waals surface area contributed by atoms with Crippen LogP contribution in [0.1, 0.15) is 24.3 Å². The highest BCUT2D eigenvalue weighted by atomic mass is 16.5. The molecular weight excluding hydrogens is 276 g/mol. The Labute approximate surface area is 132 Å². The van der Waals surface area contributed by atoms with E-state index in [4.69, 9.17) is 9.47 Å².